The molecule has 6 rings (SSSR count). The Hall–Kier alpha value is -3.27. The standard InChI is InChI=1S/C35H35BrClN3O4S/c1-3-44-32(42)16-24-14-15-39(20-24)34(43)35(45-27-11-4-22(2)5-12-27)18-31(41)40(21-23-6-8-25(36)9-7-23)33(35)29-19-38-30-17-26(37)10-13-28(29)30/h4-13,17,19,24,33,38H,3,14-16,18,20-21H2,1-2H3/t24-,33-,35-/m0/s1. The maximum Gasteiger partial charge on any atom is 0.306 e. The summed E-state index contributed by atoms with van der Waals surface area (Å²) in [6, 6.07) is 21.1. The summed E-state index contributed by atoms with van der Waals surface area (Å²) in [5.74, 6) is -0.396. The lowest BCUT2D eigenvalue weighted by Gasteiger charge is -2.38. The maximum absolute atomic E-state index is 15.1. The average molecular weight is 709 g/mol. The lowest BCUT2D eigenvalue weighted by molar-refractivity contribution is -0.144. The second kappa shape index (κ2) is 13.2. The van der Waals surface area contributed by atoms with Gasteiger partial charge >= 0.3 is 5.97 Å². The van der Waals surface area contributed by atoms with Gasteiger partial charge in [-0.05, 0) is 68.1 Å². The van der Waals surface area contributed by atoms with Gasteiger partial charge < -0.3 is 19.5 Å². The predicted molar refractivity (Wildman–Crippen MR) is 181 cm³/mol. The van der Waals surface area contributed by atoms with E-state index in [9.17, 15) is 9.59 Å². The normalized spacial score (nSPS) is 21.6. The summed E-state index contributed by atoms with van der Waals surface area (Å²) in [6.45, 7) is 5.48. The van der Waals surface area contributed by atoms with Crippen LogP contribution in [0.25, 0.3) is 10.9 Å². The number of thioether (sulfide) groups is 1. The number of benzene rings is 3. The highest BCUT2D eigenvalue weighted by Crippen LogP contribution is 2.55. The van der Waals surface area contributed by atoms with Gasteiger partial charge in [-0.2, -0.15) is 0 Å². The number of esters is 1. The first kappa shape index (κ1) is 31.7. The molecular formula is C35H35BrClN3O4S. The Bertz CT molecular complexity index is 1730. The molecule has 7 nitrogen and oxygen atoms in total. The van der Waals surface area contributed by atoms with Crippen LogP contribution in [0.3, 0.4) is 0 Å². The highest BCUT2D eigenvalue weighted by molar-refractivity contribution is 9.10. The number of fused-ring (bicyclic) bond motifs is 1. The van der Waals surface area contributed by atoms with Crippen LogP contribution in [0.1, 0.15) is 48.9 Å². The van der Waals surface area contributed by atoms with Gasteiger partial charge in [-0.25, -0.2) is 0 Å². The molecule has 0 saturated carbocycles. The van der Waals surface area contributed by atoms with Crippen LogP contribution in [0.4, 0.5) is 0 Å². The number of carbonyl (C=O) groups is 3. The average Bonchev–Trinajstić information content (AvgIpc) is 3.71. The molecule has 0 bridgehead atoms. The fourth-order valence-corrected chi connectivity index (χ4v) is 8.51. The van der Waals surface area contributed by atoms with Gasteiger partial charge in [-0.15, -0.1) is 11.8 Å². The van der Waals surface area contributed by atoms with Gasteiger partial charge in [-0.3, -0.25) is 14.4 Å². The van der Waals surface area contributed by atoms with E-state index in [0.29, 0.717) is 37.7 Å². The molecule has 234 valence electrons. The molecule has 0 radical (unpaired) electrons. The number of nitrogens with zero attached hydrogens (tertiary/aromatic N) is 2. The molecule has 4 aromatic rings. The molecule has 0 unspecified atom stereocenters. The van der Waals surface area contributed by atoms with Crippen molar-refractivity contribution < 1.29 is 19.1 Å². The van der Waals surface area contributed by atoms with Gasteiger partial charge in [0.1, 0.15) is 4.75 Å². The van der Waals surface area contributed by atoms with Gasteiger partial charge in [0.2, 0.25) is 11.8 Å². The molecule has 2 amide bonds. The van der Waals surface area contributed by atoms with Crippen LogP contribution in [0.5, 0.6) is 0 Å². The zero-order chi connectivity index (χ0) is 31.7. The molecule has 2 aliphatic rings. The van der Waals surface area contributed by atoms with Crippen LogP contribution < -0.4 is 0 Å². The Kier molecular flexibility index (Phi) is 9.32. The number of amides is 2. The minimum Gasteiger partial charge on any atom is -0.466 e. The highest BCUT2D eigenvalue weighted by Gasteiger charge is 2.60. The quantitative estimate of drug-likeness (QED) is 0.180. The van der Waals surface area contributed by atoms with E-state index in [0.717, 1.165) is 37.0 Å². The summed E-state index contributed by atoms with van der Waals surface area (Å²) >= 11 is 11.3. The lowest BCUT2D eigenvalue weighted by atomic mass is 9.90. The SMILES string of the molecule is CCOC(=O)C[C@@H]1CCN(C(=O)[C@]2(Sc3ccc(C)cc3)CC(=O)N(Cc3ccc(Br)cc3)[C@H]2c2c[nH]c3cc(Cl)ccc23)C1. The minimum absolute atomic E-state index is 0.0130. The van der Waals surface area contributed by atoms with Crippen molar-refractivity contribution in [2.24, 2.45) is 5.92 Å². The fourth-order valence-electron chi connectivity index (χ4n) is 6.60. The molecule has 0 spiro atoms. The summed E-state index contributed by atoms with van der Waals surface area (Å²) in [5.41, 5.74) is 3.81. The van der Waals surface area contributed by atoms with Gasteiger partial charge in [0.05, 0.1) is 25.5 Å². The third kappa shape index (κ3) is 6.53. The molecule has 3 heterocycles. The van der Waals surface area contributed by atoms with E-state index >= 15 is 4.79 Å². The topological polar surface area (TPSA) is 82.7 Å². The number of carbonyl (C=O) groups excluding carboxylic acids is 3. The molecule has 45 heavy (non-hydrogen) atoms. The first-order valence-electron chi connectivity index (χ1n) is 15.2. The molecule has 10 heteroatoms. The zero-order valence-corrected chi connectivity index (χ0v) is 28.4. The number of likely N-dealkylation sites (tertiary alicyclic amines) is 2. The summed E-state index contributed by atoms with van der Waals surface area (Å²) in [4.78, 5) is 49.6. The van der Waals surface area contributed by atoms with Crippen molar-refractivity contribution in [3.05, 3.63) is 99.1 Å². The zero-order valence-electron chi connectivity index (χ0n) is 25.2. The second-order valence-corrected chi connectivity index (χ2v) is 14.6. The van der Waals surface area contributed by atoms with Crippen molar-refractivity contribution in [2.45, 2.75) is 55.3 Å². The third-order valence-electron chi connectivity index (χ3n) is 8.74. The molecule has 2 saturated heterocycles. The fraction of sp³-hybridized carbons (Fsp3) is 0.343. The van der Waals surface area contributed by atoms with E-state index in [2.05, 4.69) is 20.9 Å². The van der Waals surface area contributed by atoms with E-state index in [1.54, 1.807) is 6.92 Å². The number of hydrogen-bond acceptors (Lipinski definition) is 5. The van der Waals surface area contributed by atoms with E-state index in [1.807, 2.05) is 89.7 Å². The summed E-state index contributed by atoms with van der Waals surface area (Å²) in [6.07, 6.45) is 2.95. The Labute approximate surface area is 280 Å². The van der Waals surface area contributed by atoms with Gasteiger partial charge in [0.25, 0.3) is 0 Å². The third-order valence-corrected chi connectivity index (χ3v) is 10.9. The largest absolute Gasteiger partial charge is 0.466 e. The van der Waals surface area contributed by atoms with Crippen molar-refractivity contribution in [2.75, 3.05) is 19.7 Å². The second-order valence-electron chi connectivity index (χ2n) is 11.9. The highest BCUT2D eigenvalue weighted by atomic mass is 79.9. The van der Waals surface area contributed by atoms with Gasteiger partial charge in [0.15, 0.2) is 0 Å². The number of rotatable bonds is 9. The van der Waals surface area contributed by atoms with E-state index in [4.69, 9.17) is 16.3 Å². The van der Waals surface area contributed by atoms with Crippen molar-refractivity contribution in [1.82, 2.24) is 14.8 Å². The smallest absolute Gasteiger partial charge is 0.306 e. The molecule has 2 fully saturated rings. The number of ether oxygens (including phenoxy) is 1. The van der Waals surface area contributed by atoms with E-state index < -0.39 is 10.8 Å². The van der Waals surface area contributed by atoms with Crippen molar-refractivity contribution in [3.63, 3.8) is 0 Å². The van der Waals surface area contributed by atoms with Crippen LogP contribution in [0.2, 0.25) is 5.02 Å². The van der Waals surface area contributed by atoms with Crippen LogP contribution in [-0.4, -0.2) is 57.0 Å². The number of aromatic nitrogens is 1. The van der Waals surface area contributed by atoms with Crippen LogP contribution >= 0.6 is 39.3 Å². The molecule has 3 aromatic carbocycles. The number of aryl methyl sites for hydroxylation is 1. The van der Waals surface area contributed by atoms with E-state index in [1.165, 1.54) is 11.8 Å². The Morgan fingerprint density at radius 2 is 1.87 bits per heavy atom. The monoisotopic (exact) mass is 707 g/mol. The Balaban J connectivity index is 1.46. The van der Waals surface area contributed by atoms with Crippen molar-refractivity contribution >= 4 is 68.0 Å². The van der Waals surface area contributed by atoms with Crippen LogP contribution in [0, 0.1) is 12.8 Å². The van der Waals surface area contributed by atoms with Gasteiger partial charge in [-0.1, -0.05) is 63.4 Å². The summed E-state index contributed by atoms with van der Waals surface area (Å²) in [5, 5.41) is 1.52. The number of aromatic amines is 1. The van der Waals surface area contributed by atoms with Gasteiger partial charge in [0, 0.05) is 56.7 Å². The Morgan fingerprint density at radius 3 is 2.60 bits per heavy atom. The number of nitrogens with one attached hydrogen (secondary N) is 1. The predicted octanol–water partition coefficient (Wildman–Crippen LogP) is 7.70. The molecular weight excluding hydrogens is 674 g/mol. The van der Waals surface area contributed by atoms with E-state index in [-0.39, 0.29) is 36.5 Å². The first-order chi connectivity index (χ1) is 21.7. The first-order valence-corrected chi connectivity index (χ1v) is 17.2. The summed E-state index contributed by atoms with van der Waals surface area (Å²) in [7, 11) is 0. The molecule has 1 N–H and O–H groups in total. The summed E-state index contributed by atoms with van der Waals surface area (Å²) < 4.78 is 5.00. The van der Waals surface area contributed by atoms with Crippen LogP contribution in [-0.2, 0) is 25.7 Å². The lowest BCUT2D eigenvalue weighted by Crippen LogP contribution is -2.49. The number of H-pyrrole nitrogens is 1. The molecule has 0 aliphatic carbocycles. The maximum atomic E-state index is 15.1. The van der Waals surface area contributed by atoms with Crippen molar-refractivity contribution in [1.29, 1.82) is 0 Å². The minimum atomic E-state index is -1.16. The number of halogens is 2. The van der Waals surface area contributed by atoms with Crippen LogP contribution in [0.15, 0.2) is 82.3 Å². The van der Waals surface area contributed by atoms with Crippen molar-refractivity contribution in [3.8, 4) is 0 Å². The molecule has 3 atom stereocenters. The number of hydrogen-bond donors (Lipinski definition) is 1. The molecule has 1 aromatic heterocycles. The Morgan fingerprint density at radius 1 is 1.11 bits per heavy atom. The molecule has 2 aliphatic heterocycles.